The lowest BCUT2D eigenvalue weighted by molar-refractivity contribution is 0.490. The number of imidazole rings is 1. The fourth-order valence-electron chi connectivity index (χ4n) is 2.72. The number of nitrogens with one attached hydrogen (secondary N) is 2. The van der Waals surface area contributed by atoms with E-state index in [0.29, 0.717) is 18.0 Å². The molecule has 1 aromatic carbocycles. The molecule has 4 N–H and O–H groups in total. The first-order valence-electron chi connectivity index (χ1n) is 6.34. The minimum atomic E-state index is -0.257. The van der Waals surface area contributed by atoms with E-state index in [0.717, 1.165) is 18.4 Å². The lowest BCUT2D eigenvalue weighted by Crippen LogP contribution is -2.43. The van der Waals surface area contributed by atoms with Crippen molar-refractivity contribution < 1.29 is 4.39 Å². The van der Waals surface area contributed by atoms with Crippen LogP contribution in [-0.4, -0.2) is 22.1 Å². The molecule has 1 heterocycles. The van der Waals surface area contributed by atoms with Crippen LogP contribution < -0.4 is 11.1 Å². The van der Waals surface area contributed by atoms with Gasteiger partial charge in [0, 0.05) is 6.54 Å². The molecule has 18 heavy (non-hydrogen) atoms. The smallest absolute Gasteiger partial charge is 0.201 e. The van der Waals surface area contributed by atoms with Gasteiger partial charge in [-0.05, 0) is 31.0 Å². The summed E-state index contributed by atoms with van der Waals surface area (Å²) in [5.74, 6) is 0.426. The second kappa shape index (κ2) is 4.24. The van der Waals surface area contributed by atoms with Crippen LogP contribution in [0.2, 0.25) is 0 Å². The van der Waals surface area contributed by atoms with Gasteiger partial charge in [0.15, 0.2) is 0 Å². The molecule has 2 aromatic rings. The van der Waals surface area contributed by atoms with Crippen molar-refractivity contribution in [3.63, 3.8) is 0 Å². The molecule has 1 aliphatic carbocycles. The first-order valence-corrected chi connectivity index (χ1v) is 6.34. The van der Waals surface area contributed by atoms with Crippen LogP contribution in [0.15, 0.2) is 18.2 Å². The Morgan fingerprint density at radius 3 is 2.89 bits per heavy atom. The van der Waals surface area contributed by atoms with E-state index < -0.39 is 0 Å². The van der Waals surface area contributed by atoms with Gasteiger partial charge in [0.2, 0.25) is 5.95 Å². The molecule has 0 unspecified atom stereocenters. The van der Waals surface area contributed by atoms with Gasteiger partial charge in [-0.15, -0.1) is 0 Å². The fraction of sp³-hybridized carbons (Fsp3) is 0.462. The van der Waals surface area contributed by atoms with Crippen molar-refractivity contribution in [2.45, 2.75) is 31.2 Å². The van der Waals surface area contributed by atoms with Gasteiger partial charge < -0.3 is 16.0 Å². The summed E-state index contributed by atoms with van der Waals surface area (Å²) in [5, 5.41) is 3.40. The predicted molar refractivity (Wildman–Crippen MR) is 69.9 cm³/mol. The van der Waals surface area contributed by atoms with E-state index in [-0.39, 0.29) is 11.4 Å². The van der Waals surface area contributed by atoms with Gasteiger partial charge in [-0.3, -0.25) is 0 Å². The summed E-state index contributed by atoms with van der Waals surface area (Å²) in [6.45, 7) is 0.596. The SMILES string of the molecule is NCC1(Nc2nc3ccc(F)cc3[nH]2)CCCC1. The molecule has 0 amide bonds. The maximum atomic E-state index is 13.1. The molecule has 96 valence electrons. The van der Waals surface area contributed by atoms with Crippen molar-refractivity contribution in [1.29, 1.82) is 0 Å². The number of aromatic amines is 1. The maximum Gasteiger partial charge on any atom is 0.201 e. The minimum Gasteiger partial charge on any atom is -0.349 e. The molecule has 3 rings (SSSR count). The average Bonchev–Trinajstić information content (AvgIpc) is 2.96. The topological polar surface area (TPSA) is 66.7 Å². The summed E-state index contributed by atoms with van der Waals surface area (Å²) in [4.78, 5) is 7.53. The Morgan fingerprint density at radius 1 is 1.39 bits per heavy atom. The zero-order valence-electron chi connectivity index (χ0n) is 10.2. The second-order valence-corrected chi connectivity index (χ2v) is 5.06. The van der Waals surface area contributed by atoms with E-state index in [1.54, 1.807) is 6.07 Å². The number of nitrogens with two attached hydrogens (primary N) is 1. The highest BCUT2D eigenvalue weighted by Crippen LogP contribution is 2.32. The molecule has 0 aliphatic heterocycles. The molecule has 5 heteroatoms. The Labute approximate surface area is 105 Å². The number of anilines is 1. The maximum absolute atomic E-state index is 13.1. The van der Waals surface area contributed by atoms with Crippen molar-refractivity contribution in [1.82, 2.24) is 9.97 Å². The van der Waals surface area contributed by atoms with Crippen LogP contribution in [0.5, 0.6) is 0 Å². The van der Waals surface area contributed by atoms with Crippen LogP contribution in [0.25, 0.3) is 11.0 Å². The van der Waals surface area contributed by atoms with E-state index in [2.05, 4.69) is 15.3 Å². The molecule has 1 aliphatic rings. The third kappa shape index (κ3) is 1.95. The van der Waals surface area contributed by atoms with Crippen molar-refractivity contribution >= 4 is 17.0 Å². The van der Waals surface area contributed by atoms with Gasteiger partial charge in [-0.25, -0.2) is 9.37 Å². The van der Waals surface area contributed by atoms with Gasteiger partial charge in [0.25, 0.3) is 0 Å². The van der Waals surface area contributed by atoms with Gasteiger partial charge in [-0.1, -0.05) is 12.8 Å². The molecule has 0 spiro atoms. The highest BCUT2D eigenvalue weighted by molar-refractivity contribution is 5.77. The van der Waals surface area contributed by atoms with Crippen LogP contribution in [0.4, 0.5) is 10.3 Å². The second-order valence-electron chi connectivity index (χ2n) is 5.06. The summed E-state index contributed by atoms with van der Waals surface area (Å²) >= 11 is 0. The third-order valence-corrected chi connectivity index (χ3v) is 3.78. The lowest BCUT2D eigenvalue weighted by atomic mass is 9.98. The fourth-order valence-corrected chi connectivity index (χ4v) is 2.72. The van der Waals surface area contributed by atoms with E-state index >= 15 is 0 Å². The van der Waals surface area contributed by atoms with E-state index in [1.165, 1.54) is 25.0 Å². The van der Waals surface area contributed by atoms with Crippen molar-refractivity contribution in [3.8, 4) is 0 Å². The number of benzene rings is 1. The Morgan fingerprint density at radius 2 is 2.17 bits per heavy atom. The van der Waals surface area contributed by atoms with Crippen LogP contribution in [0.3, 0.4) is 0 Å². The molecule has 1 aromatic heterocycles. The Kier molecular flexibility index (Phi) is 2.70. The monoisotopic (exact) mass is 248 g/mol. The predicted octanol–water partition coefficient (Wildman–Crippen LogP) is 2.39. The molecule has 1 fully saturated rings. The summed E-state index contributed by atoms with van der Waals surface area (Å²) in [6, 6.07) is 4.55. The summed E-state index contributed by atoms with van der Waals surface area (Å²) in [7, 11) is 0. The highest BCUT2D eigenvalue weighted by atomic mass is 19.1. The summed E-state index contributed by atoms with van der Waals surface area (Å²) in [6.07, 6.45) is 4.52. The number of H-pyrrole nitrogens is 1. The Hall–Kier alpha value is -1.62. The summed E-state index contributed by atoms with van der Waals surface area (Å²) in [5.41, 5.74) is 7.30. The number of hydrogen-bond donors (Lipinski definition) is 3. The van der Waals surface area contributed by atoms with Crippen LogP contribution in [0.1, 0.15) is 25.7 Å². The minimum absolute atomic E-state index is 0.0492. The molecule has 0 atom stereocenters. The van der Waals surface area contributed by atoms with Gasteiger partial charge in [-0.2, -0.15) is 0 Å². The van der Waals surface area contributed by atoms with Crippen molar-refractivity contribution in [2.24, 2.45) is 5.73 Å². The van der Waals surface area contributed by atoms with Gasteiger partial charge >= 0.3 is 0 Å². The average molecular weight is 248 g/mol. The molecule has 0 bridgehead atoms. The number of hydrogen-bond acceptors (Lipinski definition) is 3. The molecular weight excluding hydrogens is 231 g/mol. The van der Waals surface area contributed by atoms with Crippen molar-refractivity contribution in [3.05, 3.63) is 24.0 Å². The molecule has 1 saturated carbocycles. The van der Waals surface area contributed by atoms with Gasteiger partial charge in [0.1, 0.15) is 5.82 Å². The molecular formula is C13H17FN4. The highest BCUT2D eigenvalue weighted by Gasteiger charge is 2.32. The van der Waals surface area contributed by atoms with Gasteiger partial charge in [0.05, 0.1) is 16.6 Å². The lowest BCUT2D eigenvalue weighted by Gasteiger charge is -2.28. The molecule has 4 nitrogen and oxygen atoms in total. The van der Waals surface area contributed by atoms with Crippen molar-refractivity contribution in [2.75, 3.05) is 11.9 Å². The van der Waals surface area contributed by atoms with E-state index in [9.17, 15) is 4.39 Å². The van der Waals surface area contributed by atoms with Crippen LogP contribution in [0, 0.1) is 5.82 Å². The quantitative estimate of drug-likeness (QED) is 0.781. The zero-order valence-corrected chi connectivity index (χ0v) is 10.2. The number of nitrogens with zero attached hydrogens (tertiary/aromatic N) is 1. The molecule has 0 saturated heterocycles. The third-order valence-electron chi connectivity index (χ3n) is 3.78. The number of fused-ring (bicyclic) bond motifs is 1. The van der Waals surface area contributed by atoms with E-state index in [4.69, 9.17) is 5.73 Å². The van der Waals surface area contributed by atoms with E-state index in [1.807, 2.05) is 0 Å². The van der Waals surface area contributed by atoms with Crippen LogP contribution >= 0.6 is 0 Å². The number of aromatic nitrogens is 2. The summed E-state index contributed by atoms with van der Waals surface area (Å²) < 4.78 is 13.1. The normalized spacial score (nSPS) is 18.3. The Bertz CT molecular complexity index is 557. The Balaban J connectivity index is 1.90. The zero-order chi connectivity index (χ0) is 12.6. The first kappa shape index (κ1) is 11.5. The first-order chi connectivity index (χ1) is 8.71. The largest absolute Gasteiger partial charge is 0.349 e. The number of rotatable bonds is 3. The number of halogens is 1. The molecule has 0 radical (unpaired) electrons. The van der Waals surface area contributed by atoms with Crippen LogP contribution in [-0.2, 0) is 0 Å². The standard InChI is InChI=1S/C13H17FN4/c14-9-3-4-10-11(7-9)17-12(16-10)18-13(8-15)5-1-2-6-13/h3-4,7H,1-2,5-6,8,15H2,(H2,16,17,18).